The van der Waals surface area contributed by atoms with Crippen LogP contribution in [0.5, 0.6) is 0 Å². The summed E-state index contributed by atoms with van der Waals surface area (Å²) in [6.07, 6.45) is 0. The van der Waals surface area contributed by atoms with Gasteiger partial charge in [-0.05, 0) is 17.7 Å². The number of benzene rings is 1. The third-order valence-electron chi connectivity index (χ3n) is 1.74. The quantitative estimate of drug-likeness (QED) is 0.759. The molecule has 0 aliphatic heterocycles. The first-order valence-electron chi connectivity index (χ1n) is 3.82. The number of halogens is 3. The van der Waals surface area contributed by atoms with Crippen molar-refractivity contribution in [1.29, 1.82) is 0 Å². The van der Waals surface area contributed by atoms with Crippen molar-refractivity contribution in [3.63, 3.8) is 0 Å². The van der Waals surface area contributed by atoms with Crippen molar-refractivity contribution in [3.05, 3.63) is 35.1 Å². The van der Waals surface area contributed by atoms with E-state index in [9.17, 15) is 13.2 Å². The summed E-state index contributed by atoms with van der Waals surface area (Å²) in [6, 6.07) is 3.49. The molecule has 0 aliphatic carbocycles. The molecule has 1 aromatic carbocycles. The van der Waals surface area contributed by atoms with E-state index >= 15 is 0 Å². The largest absolute Gasteiger partial charge is 0.326 e. The van der Waals surface area contributed by atoms with E-state index in [0.29, 0.717) is 12.5 Å². The van der Waals surface area contributed by atoms with Gasteiger partial charge in [0.15, 0.2) is 0 Å². The van der Waals surface area contributed by atoms with E-state index in [1.807, 2.05) is 0 Å². The fourth-order valence-corrected chi connectivity index (χ4v) is 1.04. The standard InChI is InChI=1S/C9H10F3N/c1-9(11,12)7-4-6(5-13)2-3-8(7)10/h2-4H,5,13H2,1H3. The molecule has 2 N–H and O–H groups in total. The van der Waals surface area contributed by atoms with Crippen molar-refractivity contribution < 1.29 is 13.2 Å². The van der Waals surface area contributed by atoms with Crippen LogP contribution in [0.15, 0.2) is 18.2 Å². The van der Waals surface area contributed by atoms with Gasteiger partial charge in [0.25, 0.3) is 5.92 Å². The second-order valence-corrected chi connectivity index (χ2v) is 2.91. The van der Waals surface area contributed by atoms with E-state index in [0.717, 1.165) is 12.1 Å². The van der Waals surface area contributed by atoms with Gasteiger partial charge >= 0.3 is 0 Å². The Morgan fingerprint density at radius 1 is 1.38 bits per heavy atom. The molecule has 0 heterocycles. The molecule has 0 aliphatic rings. The van der Waals surface area contributed by atoms with Crippen molar-refractivity contribution in [1.82, 2.24) is 0 Å². The Hall–Kier alpha value is -1.03. The molecule has 0 aromatic heterocycles. The molecule has 0 bridgehead atoms. The minimum Gasteiger partial charge on any atom is -0.326 e. The molecule has 13 heavy (non-hydrogen) atoms. The highest BCUT2D eigenvalue weighted by molar-refractivity contribution is 5.27. The third-order valence-corrected chi connectivity index (χ3v) is 1.74. The van der Waals surface area contributed by atoms with Crippen molar-refractivity contribution in [2.45, 2.75) is 19.4 Å². The molecule has 1 rings (SSSR count). The maximum Gasteiger partial charge on any atom is 0.273 e. The normalized spacial score (nSPS) is 11.8. The number of rotatable bonds is 2. The molecule has 0 radical (unpaired) electrons. The van der Waals surface area contributed by atoms with Crippen LogP contribution in [0.4, 0.5) is 13.2 Å². The monoisotopic (exact) mass is 189 g/mol. The lowest BCUT2D eigenvalue weighted by Crippen LogP contribution is -2.11. The van der Waals surface area contributed by atoms with Crippen LogP contribution in [-0.2, 0) is 12.5 Å². The molecular formula is C9H10F3N. The summed E-state index contributed by atoms with van der Waals surface area (Å²) < 4.78 is 38.4. The Bertz CT molecular complexity index is 304. The minimum absolute atomic E-state index is 0.128. The first kappa shape index (κ1) is 10.1. The van der Waals surface area contributed by atoms with Gasteiger partial charge < -0.3 is 5.73 Å². The minimum atomic E-state index is -3.16. The van der Waals surface area contributed by atoms with Crippen molar-refractivity contribution in [2.24, 2.45) is 5.73 Å². The average molecular weight is 189 g/mol. The van der Waals surface area contributed by atoms with Crippen molar-refractivity contribution in [3.8, 4) is 0 Å². The topological polar surface area (TPSA) is 26.0 Å². The van der Waals surface area contributed by atoms with Crippen LogP contribution in [-0.4, -0.2) is 0 Å². The Kier molecular flexibility index (Phi) is 2.61. The summed E-state index contributed by atoms with van der Waals surface area (Å²) in [7, 11) is 0. The predicted octanol–water partition coefficient (Wildman–Crippen LogP) is 2.40. The highest BCUT2D eigenvalue weighted by Crippen LogP contribution is 2.29. The SMILES string of the molecule is CC(F)(F)c1cc(CN)ccc1F. The Morgan fingerprint density at radius 3 is 2.46 bits per heavy atom. The molecule has 0 unspecified atom stereocenters. The number of alkyl halides is 2. The lowest BCUT2D eigenvalue weighted by atomic mass is 10.1. The van der Waals surface area contributed by atoms with Crippen LogP contribution in [0.1, 0.15) is 18.1 Å². The molecule has 0 saturated carbocycles. The molecule has 0 atom stereocenters. The summed E-state index contributed by atoms with van der Waals surface area (Å²) in [4.78, 5) is 0. The third kappa shape index (κ3) is 2.21. The van der Waals surface area contributed by atoms with E-state index in [1.54, 1.807) is 0 Å². The molecule has 0 spiro atoms. The number of nitrogens with two attached hydrogens (primary N) is 1. The number of hydrogen-bond acceptors (Lipinski definition) is 1. The molecule has 1 nitrogen and oxygen atoms in total. The van der Waals surface area contributed by atoms with E-state index < -0.39 is 17.3 Å². The molecule has 0 saturated heterocycles. The van der Waals surface area contributed by atoms with Crippen LogP contribution < -0.4 is 5.73 Å². The van der Waals surface area contributed by atoms with Gasteiger partial charge in [0.05, 0.1) is 5.56 Å². The van der Waals surface area contributed by atoms with E-state index in [4.69, 9.17) is 5.73 Å². The number of hydrogen-bond donors (Lipinski definition) is 1. The zero-order valence-electron chi connectivity index (χ0n) is 7.15. The van der Waals surface area contributed by atoms with Gasteiger partial charge in [-0.25, -0.2) is 13.2 Å². The smallest absolute Gasteiger partial charge is 0.273 e. The zero-order valence-corrected chi connectivity index (χ0v) is 7.15. The summed E-state index contributed by atoms with van der Waals surface area (Å²) in [6.45, 7) is 0.787. The summed E-state index contributed by atoms with van der Waals surface area (Å²) in [5.41, 5.74) is 5.14. The van der Waals surface area contributed by atoms with E-state index in [2.05, 4.69) is 0 Å². The van der Waals surface area contributed by atoms with Gasteiger partial charge in [0, 0.05) is 13.5 Å². The molecule has 1 aromatic rings. The fourth-order valence-electron chi connectivity index (χ4n) is 1.04. The van der Waals surface area contributed by atoms with E-state index in [-0.39, 0.29) is 6.54 Å². The first-order valence-corrected chi connectivity index (χ1v) is 3.82. The van der Waals surface area contributed by atoms with Gasteiger partial charge in [0.2, 0.25) is 0 Å². The van der Waals surface area contributed by atoms with E-state index in [1.165, 1.54) is 6.07 Å². The average Bonchev–Trinajstić information content (AvgIpc) is 2.03. The Labute approximate surface area is 74.4 Å². The molecule has 0 amide bonds. The van der Waals surface area contributed by atoms with Crippen LogP contribution >= 0.6 is 0 Å². The second-order valence-electron chi connectivity index (χ2n) is 2.91. The Balaban J connectivity index is 3.19. The highest BCUT2D eigenvalue weighted by Gasteiger charge is 2.28. The van der Waals surface area contributed by atoms with Gasteiger partial charge in [-0.1, -0.05) is 6.07 Å². The lowest BCUT2D eigenvalue weighted by Gasteiger charge is -2.12. The lowest BCUT2D eigenvalue weighted by molar-refractivity contribution is 0.0137. The second kappa shape index (κ2) is 3.38. The highest BCUT2D eigenvalue weighted by atomic mass is 19.3. The summed E-state index contributed by atoms with van der Waals surface area (Å²) >= 11 is 0. The summed E-state index contributed by atoms with van der Waals surface area (Å²) in [5.74, 6) is -4.06. The van der Waals surface area contributed by atoms with Gasteiger partial charge in [-0.2, -0.15) is 0 Å². The first-order chi connectivity index (χ1) is 5.95. The van der Waals surface area contributed by atoms with Crippen LogP contribution in [0.2, 0.25) is 0 Å². The molecule has 4 heteroatoms. The molecule has 72 valence electrons. The maximum atomic E-state index is 12.9. The van der Waals surface area contributed by atoms with Crippen molar-refractivity contribution >= 4 is 0 Å². The van der Waals surface area contributed by atoms with Crippen LogP contribution in [0, 0.1) is 5.82 Å². The van der Waals surface area contributed by atoms with Gasteiger partial charge in [-0.15, -0.1) is 0 Å². The maximum absolute atomic E-state index is 12.9. The predicted molar refractivity (Wildman–Crippen MR) is 43.9 cm³/mol. The van der Waals surface area contributed by atoms with Crippen molar-refractivity contribution in [2.75, 3.05) is 0 Å². The molecular weight excluding hydrogens is 179 g/mol. The van der Waals surface area contributed by atoms with Gasteiger partial charge in [-0.3, -0.25) is 0 Å². The zero-order chi connectivity index (χ0) is 10.1. The fraction of sp³-hybridized carbons (Fsp3) is 0.333. The Morgan fingerprint density at radius 2 is 2.00 bits per heavy atom. The molecule has 0 fully saturated rings. The summed E-state index contributed by atoms with van der Waals surface area (Å²) in [5, 5.41) is 0. The van der Waals surface area contributed by atoms with Crippen LogP contribution in [0.25, 0.3) is 0 Å². The van der Waals surface area contributed by atoms with Crippen LogP contribution in [0.3, 0.4) is 0 Å². The van der Waals surface area contributed by atoms with Gasteiger partial charge in [0.1, 0.15) is 5.82 Å².